The largest absolute Gasteiger partial charge is 0.595 e. The number of aryl methyl sites for hydroxylation is 1. The number of benzene rings is 1. The second kappa shape index (κ2) is 3.60. The molecule has 1 unspecified atom stereocenters. The third kappa shape index (κ3) is 1.65. The maximum absolute atomic E-state index is 11.1. The summed E-state index contributed by atoms with van der Waals surface area (Å²) < 4.78 is 4.85. The fourth-order valence-electron chi connectivity index (χ4n) is 1.53. The Hall–Kier alpha value is -1.89. The molecule has 6 nitrogen and oxygen atoms in total. The van der Waals surface area contributed by atoms with E-state index in [9.17, 15) is 15.1 Å². The van der Waals surface area contributed by atoms with Crippen LogP contribution < -0.4 is 10.9 Å². The molecule has 84 valence electrons. The highest BCUT2D eigenvalue weighted by Gasteiger charge is 2.13. The smallest absolute Gasteiger partial charge is 0.336 e. The van der Waals surface area contributed by atoms with E-state index >= 15 is 0 Å². The van der Waals surface area contributed by atoms with E-state index < -0.39 is 16.6 Å². The van der Waals surface area contributed by atoms with Gasteiger partial charge < -0.3 is 14.7 Å². The van der Waals surface area contributed by atoms with Crippen LogP contribution in [0.15, 0.2) is 27.4 Å². The fourth-order valence-corrected chi connectivity index (χ4v) is 1.53. The summed E-state index contributed by atoms with van der Waals surface area (Å²) in [5, 5.41) is 28.3. The highest BCUT2D eigenvalue weighted by atomic mass is 16.8. The van der Waals surface area contributed by atoms with Crippen LogP contribution >= 0.6 is 0 Å². The Morgan fingerprint density at radius 1 is 1.38 bits per heavy atom. The maximum Gasteiger partial charge on any atom is 0.336 e. The summed E-state index contributed by atoms with van der Waals surface area (Å²) in [4.78, 5) is 11.1. The van der Waals surface area contributed by atoms with Crippen LogP contribution in [0.3, 0.4) is 0 Å². The first-order valence-corrected chi connectivity index (χ1v) is 4.50. The average Bonchev–Trinajstić information content (AvgIpc) is 2.15. The average molecular weight is 223 g/mol. The zero-order valence-electron chi connectivity index (χ0n) is 8.35. The van der Waals surface area contributed by atoms with Crippen molar-refractivity contribution in [3.63, 3.8) is 0 Å². The number of hydrogen-bond donors (Lipinski definition) is 3. The number of hydrogen-bond acceptors (Lipinski definition) is 5. The number of nitrogens with one attached hydrogen (secondary N) is 1. The number of rotatable bonds is 1. The Kier molecular flexibility index (Phi) is 2.39. The number of quaternary nitrogens is 1. The number of fused-ring (bicyclic) bond motifs is 1. The molecule has 0 amide bonds. The topological polar surface area (TPSA) is 98.2 Å². The van der Waals surface area contributed by atoms with Crippen molar-refractivity contribution >= 4 is 16.7 Å². The van der Waals surface area contributed by atoms with Crippen LogP contribution in [0.5, 0.6) is 5.75 Å². The van der Waals surface area contributed by atoms with Gasteiger partial charge in [-0.3, -0.25) is 0 Å². The highest BCUT2D eigenvalue weighted by Crippen LogP contribution is 2.27. The molecule has 0 radical (unpaired) electrons. The number of phenols is 1. The van der Waals surface area contributed by atoms with Gasteiger partial charge in [0.25, 0.3) is 0 Å². The molecule has 1 heterocycles. The predicted molar refractivity (Wildman–Crippen MR) is 54.7 cm³/mol. The molecule has 6 heteroatoms. The highest BCUT2D eigenvalue weighted by molar-refractivity contribution is 5.84. The van der Waals surface area contributed by atoms with Gasteiger partial charge in [-0.15, -0.1) is 0 Å². The van der Waals surface area contributed by atoms with Gasteiger partial charge in [0.05, 0.1) is 0 Å². The summed E-state index contributed by atoms with van der Waals surface area (Å²) >= 11 is 0. The Morgan fingerprint density at radius 3 is 2.69 bits per heavy atom. The van der Waals surface area contributed by atoms with E-state index in [-0.39, 0.29) is 11.3 Å². The van der Waals surface area contributed by atoms with Crippen molar-refractivity contribution in [2.45, 2.75) is 6.92 Å². The lowest BCUT2D eigenvalue weighted by molar-refractivity contribution is -0.991. The van der Waals surface area contributed by atoms with Crippen LogP contribution in [0.4, 0.5) is 5.69 Å². The monoisotopic (exact) mass is 223 g/mol. The summed E-state index contributed by atoms with van der Waals surface area (Å²) in [5.74, 6) is -0.422. The Morgan fingerprint density at radius 2 is 2.06 bits per heavy atom. The van der Waals surface area contributed by atoms with E-state index in [4.69, 9.17) is 9.62 Å². The van der Waals surface area contributed by atoms with Gasteiger partial charge in [0, 0.05) is 23.6 Å². The third-order valence-electron chi connectivity index (χ3n) is 2.30. The minimum absolute atomic E-state index is 0.174. The fraction of sp³-hybridized carbons (Fsp3) is 0.100. The number of aromatic hydroxyl groups is 1. The van der Waals surface area contributed by atoms with Crippen molar-refractivity contribution in [1.82, 2.24) is 0 Å². The second-order valence-corrected chi connectivity index (χ2v) is 3.42. The Balaban J connectivity index is 2.84. The zero-order chi connectivity index (χ0) is 11.9. The predicted octanol–water partition coefficient (Wildman–Crippen LogP) is 0.210. The molecule has 0 saturated heterocycles. The summed E-state index contributed by atoms with van der Waals surface area (Å²) in [5.41, 5.74) is 0.0261. The molecule has 1 aromatic heterocycles. The normalized spacial score (nSPS) is 12.9. The molecule has 0 aliphatic rings. The van der Waals surface area contributed by atoms with Crippen molar-refractivity contribution in [3.05, 3.63) is 39.4 Å². The molecule has 16 heavy (non-hydrogen) atoms. The van der Waals surface area contributed by atoms with Crippen LogP contribution in [0, 0.1) is 12.1 Å². The minimum Gasteiger partial charge on any atom is -0.595 e. The first kappa shape index (κ1) is 10.6. The summed E-state index contributed by atoms with van der Waals surface area (Å²) in [6.45, 7) is 1.67. The van der Waals surface area contributed by atoms with Crippen molar-refractivity contribution in [3.8, 4) is 5.75 Å². The molecule has 1 aromatic carbocycles. The minimum atomic E-state index is -1.23. The summed E-state index contributed by atoms with van der Waals surface area (Å²) in [6, 6.07) is 3.68. The molecule has 0 spiro atoms. The molecule has 2 aromatic rings. The number of phenolic OH excluding ortho intramolecular Hbond substituents is 1. The molecule has 0 bridgehead atoms. The van der Waals surface area contributed by atoms with Gasteiger partial charge in [-0.2, -0.15) is 5.23 Å². The maximum atomic E-state index is 11.1. The molecule has 1 atom stereocenters. The Bertz CT molecular complexity index is 602. The standard InChI is InChI=1S/C10H9NO5/c1-5-2-10(13)16-9-4-8(12)7(11(14)15)3-6(5)9/h2-4,11-12,14H,1H3. The van der Waals surface area contributed by atoms with Crippen LogP contribution in [-0.2, 0) is 0 Å². The van der Waals surface area contributed by atoms with E-state index in [0.29, 0.717) is 10.9 Å². The first-order chi connectivity index (χ1) is 7.49. The van der Waals surface area contributed by atoms with Crippen LogP contribution in [0.25, 0.3) is 11.0 Å². The van der Waals surface area contributed by atoms with E-state index in [1.54, 1.807) is 6.92 Å². The van der Waals surface area contributed by atoms with Gasteiger partial charge >= 0.3 is 5.63 Å². The first-order valence-electron chi connectivity index (χ1n) is 4.50. The summed E-state index contributed by atoms with van der Waals surface area (Å²) in [6.07, 6.45) is 0. The quantitative estimate of drug-likeness (QED) is 0.364. The van der Waals surface area contributed by atoms with Crippen LogP contribution in [0.1, 0.15) is 5.56 Å². The van der Waals surface area contributed by atoms with Gasteiger partial charge in [-0.1, -0.05) is 0 Å². The third-order valence-corrected chi connectivity index (χ3v) is 2.30. The molecular formula is C10H9NO5. The zero-order valence-corrected chi connectivity index (χ0v) is 8.35. The SMILES string of the molecule is Cc1cc(=O)oc2cc(O)c([NH+]([O-])O)cc12. The lowest BCUT2D eigenvalue weighted by Crippen LogP contribution is -2.99. The molecule has 0 fully saturated rings. The van der Waals surface area contributed by atoms with Gasteiger partial charge in [-0.05, 0) is 12.5 Å². The lowest BCUT2D eigenvalue weighted by Gasteiger charge is -2.13. The molecule has 3 N–H and O–H groups in total. The van der Waals surface area contributed by atoms with Gasteiger partial charge in [0.2, 0.25) is 5.69 Å². The van der Waals surface area contributed by atoms with Crippen molar-refractivity contribution in [2.24, 2.45) is 0 Å². The van der Waals surface area contributed by atoms with Crippen LogP contribution in [-0.4, -0.2) is 10.3 Å². The van der Waals surface area contributed by atoms with Gasteiger partial charge in [-0.25, -0.2) is 10.0 Å². The molecule has 2 rings (SSSR count). The van der Waals surface area contributed by atoms with Crippen molar-refractivity contribution < 1.29 is 20.0 Å². The van der Waals surface area contributed by atoms with Crippen LogP contribution in [0.2, 0.25) is 0 Å². The van der Waals surface area contributed by atoms with Crippen molar-refractivity contribution in [1.29, 1.82) is 0 Å². The van der Waals surface area contributed by atoms with Gasteiger partial charge in [0.15, 0.2) is 5.75 Å². The summed E-state index contributed by atoms with van der Waals surface area (Å²) in [7, 11) is 0. The van der Waals surface area contributed by atoms with Gasteiger partial charge in [0.1, 0.15) is 5.58 Å². The lowest BCUT2D eigenvalue weighted by atomic mass is 10.1. The van der Waals surface area contributed by atoms with E-state index in [2.05, 4.69) is 0 Å². The molecular weight excluding hydrogens is 214 g/mol. The molecule has 0 aliphatic carbocycles. The van der Waals surface area contributed by atoms with Crippen molar-refractivity contribution in [2.75, 3.05) is 0 Å². The molecule has 0 saturated carbocycles. The van der Waals surface area contributed by atoms with E-state index in [1.165, 1.54) is 12.1 Å². The van der Waals surface area contributed by atoms with E-state index in [1.807, 2.05) is 0 Å². The molecule has 0 aliphatic heterocycles. The Labute approximate surface area is 89.5 Å². The second-order valence-electron chi connectivity index (χ2n) is 3.42. The van der Waals surface area contributed by atoms with E-state index in [0.717, 1.165) is 6.07 Å².